The average Bonchev–Trinajstić information content (AvgIpc) is 2.72. The highest BCUT2D eigenvalue weighted by Gasteiger charge is 2.22. The van der Waals surface area contributed by atoms with Crippen molar-refractivity contribution in [3.05, 3.63) is 4.88 Å². The molecule has 0 atom stereocenters. The van der Waals surface area contributed by atoms with Crippen LogP contribution < -0.4 is 21.1 Å². The normalized spacial score (nSPS) is 10.7. The smallest absolute Gasteiger partial charge is 0.263 e. The predicted molar refractivity (Wildman–Crippen MR) is 87.5 cm³/mol. The molecular weight excluding hydrogens is 290 g/mol. The van der Waals surface area contributed by atoms with Gasteiger partial charge in [-0.25, -0.2) is 0 Å². The fourth-order valence-electron chi connectivity index (χ4n) is 1.69. The Morgan fingerprint density at radius 1 is 1.38 bits per heavy atom. The quantitative estimate of drug-likeness (QED) is 0.609. The van der Waals surface area contributed by atoms with Gasteiger partial charge in [-0.3, -0.25) is 4.79 Å². The van der Waals surface area contributed by atoms with Crippen LogP contribution in [-0.4, -0.2) is 38.3 Å². The van der Waals surface area contributed by atoms with E-state index in [1.807, 2.05) is 27.7 Å². The lowest BCUT2D eigenvalue weighted by Crippen LogP contribution is -2.22. The standard InChI is InChI=1S/C14H25N3O3S/c1-5-16-13(18)12-10(15)11(20-9(3)4)14(21-12)17-7-8-19-6-2/h9,17H,5-8,15H2,1-4H3,(H,16,18). The third-order valence-electron chi connectivity index (χ3n) is 2.53. The van der Waals surface area contributed by atoms with Gasteiger partial charge in [-0.05, 0) is 27.7 Å². The number of hydrogen-bond acceptors (Lipinski definition) is 6. The van der Waals surface area contributed by atoms with E-state index in [4.69, 9.17) is 15.2 Å². The first-order valence-corrected chi connectivity index (χ1v) is 8.01. The molecule has 0 fully saturated rings. The van der Waals surface area contributed by atoms with Crippen molar-refractivity contribution in [2.75, 3.05) is 37.4 Å². The Labute approximate surface area is 130 Å². The van der Waals surface area contributed by atoms with Crippen molar-refractivity contribution >= 4 is 27.9 Å². The third kappa shape index (κ3) is 5.09. The molecule has 0 unspecified atom stereocenters. The van der Waals surface area contributed by atoms with Crippen molar-refractivity contribution < 1.29 is 14.3 Å². The molecule has 0 saturated heterocycles. The molecule has 1 aromatic heterocycles. The number of carbonyl (C=O) groups is 1. The van der Waals surface area contributed by atoms with E-state index < -0.39 is 0 Å². The van der Waals surface area contributed by atoms with Crippen LogP contribution in [0.4, 0.5) is 10.7 Å². The zero-order valence-electron chi connectivity index (χ0n) is 13.1. The Bertz CT molecular complexity index is 461. The average molecular weight is 315 g/mol. The van der Waals surface area contributed by atoms with Crippen LogP contribution in [0.5, 0.6) is 5.75 Å². The Morgan fingerprint density at radius 3 is 2.67 bits per heavy atom. The van der Waals surface area contributed by atoms with E-state index in [1.54, 1.807) is 0 Å². The van der Waals surface area contributed by atoms with Gasteiger partial charge in [0.25, 0.3) is 5.91 Å². The highest BCUT2D eigenvalue weighted by Crippen LogP contribution is 2.43. The molecule has 0 spiro atoms. The zero-order chi connectivity index (χ0) is 15.8. The minimum atomic E-state index is -0.175. The second-order valence-corrected chi connectivity index (χ2v) is 5.67. The summed E-state index contributed by atoms with van der Waals surface area (Å²) in [6, 6.07) is 0. The van der Waals surface area contributed by atoms with Crippen LogP contribution in [0.3, 0.4) is 0 Å². The van der Waals surface area contributed by atoms with Crippen LogP contribution in [0, 0.1) is 0 Å². The minimum Gasteiger partial charge on any atom is -0.486 e. The van der Waals surface area contributed by atoms with Crippen LogP contribution in [0.1, 0.15) is 37.4 Å². The maximum atomic E-state index is 12.0. The summed E-state index contributed by atoms with van der Waals surface area (Å²) in [7, 11) is 0. The molecule has 0 aliphatic carbocycles. The first-order chi connectivity index (χ1) is 10.0. The number of amides is 1. The summed E-state index contributed by atoms with van der Waals surface area (Å²) < 4.78 is 11.0. The van der Waals surface area contributed by atoms with Crippen molar-refractivity contribution in [1.82, 2.24) is 5.32 Å². The number of ether oxygens (including phenoxy) is 2. The van der Waals surface area contributed by atoms with Crippen molar-refractivity contribution in [2.24, 2.45) is 0 Å². The summed E-state index contributed by atoms with van der Waals surface area (Å²) >= 11 is 1.31. The Hall–Kier alpha value is -1.47. The van der Waals surface area contributed by atoms with Crippen molar-refractivity contribution in [3.8, 4) is 5.75 Å². The lowest BCUT2D eigenvalue weighted by atomic mass is 10.3. The maximum Gasteiger partial charge on any atom is 0.263 e. The third-order valence-corrected chi connectivity index (χ3v) is 3.68. The summed E-state index contributed by atoms with van der Waals surface area (Å²) in [4.78, 5) is 12.5. The van der Waals surface area contributed by atoms with Gasteiger partial charge < -0.3 is 25.8 Å². The predicted octanol–water partition coefficient (Wildman–Crippen LogP) is 2.32. The number of anilines is 2. The Kier molecular flexibility index (Phi) is 7.31. The fraction of sp³-hybridized carbons (Fsp3) is 0.643. The van der Waals surface area contributed by atoms with Crippen LogP contribution in [-0.2, 0) is 4.74 Å². The monoisotopic (exact) mass is 315 g/mol. The molecule has 7 heteroatoms. The molecular formula is C14H25N3O3S. The Balaban J connectivity index is 2.92. The van der Waals surface area contributed by atoms with Crippen LogP contribution in [0.2, 0.25) is 0 Å². The SMILES string of the molecule is CCNC(=O)c1sc(NCCOCC)c(OC(C)C)c1N. The molecule has 1 amide bonds. The summed E-state index contributed by atoms with van der Waals surface area (Å²) in [6.07, 6.45) is -0.0172. The van der Waals surface area contributed by atoms with Gasteiger partial charge in [0.2, 0.25) is 0 Å². The van der Waals surface area contributed by atoms with Gasteiger partial charge >= 0.3 is 0 Å². The van der Waals surface area contributed by atoms with Crippen LogP contribution in [0.25, 0.3) is 0 Å². The van der Waals surface area contributed by atoms with E-state index >= 15 is 0 Å². The van der Waals surface area contributed by atoms with Crippen LogP contribution >= 0.6 is 11.3 Å². The number of carbonyl (C=O) groups excluding carboxylic acids is 1. The second-order valence-electron chi connectivity index (χ2n) is 4.65. The molecule has 6 nitrogen and oxygen atoms in total. The number of nitrogen functional groups attached to an aromatic ring is 1. The fourth-order valence-corrected chi connectivity index (χ4v) is 2.69. The van der Waals surface area contributed by atoms with Gasteiger partial charge in [0.05, 0.1) is 12.7 Å². The first-order valence-electron chi connectivity index (χ1n) is 7.19. The van der Waals surface area contributed by atoms with Gasteiger partial charge in [0.1, 0.15) is 15.6 Å². The van der Waals surface area contributed by atoms with Crippen molar-refractivity contribution in [2.45, 2.75) is 33.8 Å². The topological polar surface area (TPSA) is 85.6 Å². The van der Waals surface area contributed by atoms with E-state index in [9.17, 15) is 4.79 Å². The minimum absolute atomic E-state index is 0.0172. The van der Waals surface area contributed by atoms with Crippen LogP contribution in [0.15, 0.2) is 0 Å². The van der Waals surface area contributed by atoms with E-state index in [0.717, 1.165) is 5.00 Å². The molecule has 120 valence electrons. The molecule has 0 aliphatic heterocycles. The zero-order valence-corrected chi connectivity index (χ0v) is 13.9. The maximum absolute atomic E-state index is 12.0. The molecule has 1 rings (SSSR count). The van der Waals surface area contributed by atoms with E-state index in [1.165, 1.54) is 11.3 Å². The highest BCUT2D eigenvalue weighted by molar-refractivity contribution is 7.19. The second kappa shape index (κ2) is 8.74. The molecule has 0 bridgehead atoms. The van der Waals surface area contributed by atoms with Crippen molar-refractivity contribution in [3.63, 3.8) is 0 Å². The molecule has 4 N–H and O–H groups in total. The number of hydrogen-bond donors (Lipinski definition) is 3. The molecule has 1 aromatic rings. The first kappa shape index (κ1) is 17.6. The molecule has 0 radical (unpaired) electrons. The van der Waals surface area contributed by atoms with E-state index in [2.05, 4.69) is 10.6 Å². The summed E-state index contributed by atoms with van der Waals surface area (Å²) in [5.41, 5.74) is 6.45. The number of nitrogens with two attached hydrogens (primary N) is 1. The molecule has 0 aliphatic rings. The van der Waals surface area contributed by atoms with Gasteiger partial charge in [-0.1, -0.05) is 0 Å². The molecule has 1 heterocycles. The lowest BCUT2D eigenvalue weighted by molar-refractivity contribution is 0.0960. The van der Waals surface area contributed by atoms with Gasteiger partial charge in [-0.15, -0.1) is 11.3 Å². The molecule has 0 saturated carbocycles. The summed E-state index contributed by atoms with van der Waals surface area (Å²) in [5, 5.41) is 6.74. The van der Waals surface area contributed by atoms with Gasteiger partial charge in [0, 0.05) is 19.7 Å². The lowest BCUT2D eigenvalue weighted by Gasteiger charge is -2.12. The van der Waals surface area contributed by atoms with Crippen molar-refractivity contribution in [1.29, 1.82) is 0 Å². The number of nitrogens with one attached hydrogen (secondary N) is 2. The highest BCUT2D eigenvalue weighted by atomic mass is 32.1. The van der Waals surface area contributed by atoms with E-state index in [-0.39, 0.29) is 12.0 Å². The summed E-state index contributed by atoms with van der Waals surface area (Å²) in [5.74, 6) is 0.374. The van der Waals surface area contributed by atoms with E-state index in [0.29, 0.717) is 42.6 Å². The van der Waals surface area contributed by atoms with Gasteiger partial charge in [-0.2, -0.15) is 0 Å². The summed E-state index contributed by atoms with van der Waals surface area (Å²) in [6.45, 7) is 10.1. The number of thiophene rings is 1. The Morgan fingerprint density at radius 2 is 2.10 bits per heavy atom. The number of rotatable bonds is 9. The molecule has 21 heavy (non-hydrogen) atoms. The molecule has 0 aromatic carbocycles. The largest absolute Gasteiger partial charge is 0.486 e. The van der Waals surface area contributed by atoms with Gasteiger partial charge in [0.15, 0.2) is 5.75 Å².